The molecule has 0 aromatic rings. The molecule has 326 valence electrons. The van der Waals surface area contributed by atoms with Crippen LogP contribution in [0.15, 0.2) is 0 Å². The molecular weight excluding hydrogens is 685 g/mol. The number of rotatable bonds is 43. The third-order valence-corrected chi connectivity index (χ3v) is 11.3. The minimum Gasteiger partial charge on any atom is -0.462 e. The van der Waals surface area contributed by atoms with Gasteiger partial charge < -0.3 is 14.2 Å². The second kappa shape index (κ2) is 42.0. The molecule has 0 fully saturated rings. The van der Waals surface area contributed by atoms with Gasteiger partial charge in [-0.05, 0) is 31.1 Å². The van der Waals surface area contributed by atoms with Crippen LogP contribution in [0, 0.1) is 11.8 Å². The zero-order chi connectivity index (χ0) is 40.5. The normalized spacial score (nSPS) is 12.5. The molecule has 0 saturated heterocycles. The van der Waals surface area contributed by atoms with Crippen molar-refractivity contribution in [2.75, 3.05) is 13.2 Å². The standard InChI is InChI=1S/C49H94O6/c1-6-8-9-10-11-12-13-17-21-24-31-36-41-49(52)55-46(43-54-48(51)40-35-30-26-25-28-33-38-45(5)7-2)42-53-47(50)39-34-29-23-20-18-15-14-16-19-22-27-32-37-44(3)4/h44-46H,6-43H2,1-5H3/t45?,46-/m0/s1. The first-order chi connectivity index (χ1) is 26.8. The smallest absolute Gasteiger partial charge is 0.306 e. The van der Waals surface area contributed by atoms with Crippen molar-refractivity contribution in [1.82, 2.24) is 0 Å². The summed E-state index contributed by atoms with van der Waals surface area (Å²) in [5.41, 5.74) is 0. The van der Waals surface area contributed by atoms with Crippen LogP contribution in [0.2, 0.25) is 0 Å². The van der Waals surface area contributed by atoms with Gasteiger partial charge in [0.25, 0.3) is 0 Å². The van der Waals surface area contributed by atoms with Crippen molar-refractivity contribution in [3.05, 3.63) is 0 Å². The fourth-order valence-electron chi connectivity index (χ4n) is 7.25. The second-order valence-corrected chi connectivity index (χ2v) is 17.5. The SMILES string of the molecule is CCCCCCCCCCCCCCC(=O)O[C@@H](COC(=O)CCCCCCCCCCCCCCC(C)C)COC(=O)CCCCCCCCC(C)CC. The second-order valence-electron chi connectivity index (χ2n) is 17.5. The van der Waals surface area contributed by atoms with Gasteiger partial charge in [0, 0.05) is 19.3 Å². The van der Waals surface area contributed by atoms with Crippen molar-refractivity contribution >= 4 is 17.9 Å². The van der Waals surface area contributed by atoms with Gasteiger partial charge >= 0.3 is 17.9 Å². The van der Waals surface area contributed by atoms with Crippen LogP contribution in [-0.4, -0.2) is 37.2 Å². The lowest BCUT2D eigenvalue weighted by Crippen LogP contribution is -2.30. The van der Waals surface area contributed by atoms with Gasteiger partial charge in [-0.25, -0.2) is 0 Å². The number of ether oxygens (including phenoxy) is 3. The Kier molecular flexibility index (Phi) is 40.8. The summed E-state index contributed by atoms with van der Waals surface area (Å²) in [5, 5.41) is 0. The van der Waals surface area contributed by atoms with E-state index in [1.54, 1.807) is 0 Å². The van der Waals surface area contributed by atoms with Gasteiger partial charge in [-0.3, -0.25) is 14.4 Å². The fourth-order valence-corrected chi connectivity index (χ4v) is 7.25. The van der Waals surface area contributed by atoms with E-state index in [-0.39, 0.29) is 31.1 Å². The van der Waals surface area contributed by atoms with Crippen molar-refractivity contribution in [1.29, 1.82) is 0 Å². The van der Waals surface area contributed by atoms with E-state index in [0.717, 1.165) is 69.6 Å². The maximum atomic E-state index is 12.7. The molecule has 0 aliphatic heterocycles. The van der Waals surface area contributed by atoms with Gasteiger partial charge in [0.2, 0.25) is 0 Å². The summed E-state index contributed by atoms with van der Waals surface area (Å²) in [6.07, 6.45) is 40.8. The van der Waals surface area contributed by atoms with E-state index in [1.165, 1.54) is 154 Å². The summed E-state index contributed by atoms with van der Waals surface area (Å²) in [7, 11) is 0. The maximum Gasteiger partial charge on any atom is 0.306 e. The highest BCUT2D eigenvalue weighted by atomic mass is 16.6. The lowest BCUT2D eigenvalue weighted by Gasteiger charge is -2.18. The highest BCUT2D eigenvalue weighted by Gasteiger charge is 2.19. The summed E-state index contributed by atoms with van der Waals surface area (Å²) < 4.78 is 16.7. The third kappa shape index (κ3) is 41.9. The van der Waals surface area contributed by atoms with E-state index in [2.05, 4.69) is 34.6 Å². The van der Waals surface area contributed by atoms with Crippen molar-refractivity contribution in [2.45, 2.75) is 272 Å². The molecule has 6 heteroatoms. The molecule has 0 amide bonds. The number of unbranched alkanes of at least 4 members (excludes halogenated alkanes) is 27. The van der Waals surface area contributed by atoms with Crippen molar-refractivity contribution < 1.29 is 28.6 Å². The molecule has 0 N–H and O–H groups in total. The monoisotopic (exact) mass is 779 g/mol. The number of hydrogen-bond acceptors (Lipinski definition) is 6. The topological polar surface area (TPSA) is 78.9 Å². The number of carbonyl (C=O) groups is 3. The van der Waals surface area contributed by atoms with Crippen LogP contribution in [0.4, 0.5) is 0 Å². The number of esters is 3. The average Bonchev–Trinajstić information content (AvgIpc) is 3.17. The Morgan fingerprint density at radius 1 is 0.382 bits per heavy atom. The van der Waals surface area contributed by atoms with Gasteiger partial charge in [0.15, 0.2) is 6.10 Å². The molecule has 0 radical (unpaired) electrons. The van der Waals surface area contributed by atoms with Gasteiger partial charge in [-0.1, -0.05) is 227 Å². The van der Waals surface area contributed by atoms with E-state index >= 15 is 0 Å². The quantitative estimate of drug-likeness (QED) is 0.0348. The maximum absolute atomic E-state index is 12.7. The zero-order valence-electron chi connectivity index (χ0n) is 37.6. The van der Waals surface area contributed by atoms with Crippen LogP contribution in [0.25, 0.3) is 0 Å². The molecule has 1 unspecified atom stereocenters. The number of carbonyl (C=O) groups excluding carboxylic acids is 3. The Hall–Kier alpha value is -1.59. The minimum absolute atomic E-state index is 0.0648. The highest BCUT2D eigenvalue weighted by Crippen LogP contribution is 2.17. The van der Waals surface area contributed by atoms with Crippen molar-refractivity contribution in [3.8, 4) is 0 Å². The molecule has 0 spiro atoms. The van der Waals surface area contributed by atoms with E-state index < -0.39 is 6.10 Å². The van der Waals surface area contributed by atoms with Crippen LogP contribution in [-0.2, 0) is 28.6 Å². The Bertz CT molecular complexity index is 841. The zero-order valence-corrected chi connectivity index (χ0v) is 37.6. The fraction of sp³-hybridized carbons (Fsp3) is 0.939. The molecular formula is C49H94O6. The Morgan fingerprint density at radius 2 is 0.691 bits per heavy atom. The lowest BCUT2D eigenvalue weighted by atomic mass is 10.00. The predicted molar refractivity (Wildman–Crippen MR) is 233 cm³/mol. The Morgan fingerprint density at radius 3 is 1.04 bits per heavy atom. The van der Waals surface area contributed by atoms with Crippen LogP contribution in [0.1, 0.15) is 266 Å². The van der Waals surface area contributed by atoms with Crippen molar-refractivity contribution in [3.63, 3.8) is 0 Å². The van der Waals surface area contributed by atoms with E-state index in [9.17, 15) is 14.4 Å². The third-order valence-electron chi connectivity index (χ3n) is 11.3. The molecule has 0 aromatic carbocycles. The summed E-state index contributed by atoms with van der Waals surface area (Å²) in [4.78, 5) is 37.8. The molecule has 0 rings (SSSR count). The number of hydrogen-bond donors (Lipinski definition) is 0. The highest BCUT2D eigenvalue weighted by molar-refractivity contribution is 5.71. The van der Waals surface area contributed by atoms with Gasteiger partial charge in [-0.15, -0.1) is 0 Å². The Labute approximate surface area is 342 Å². The molecule has 55 heavy (non-hydrogen) atoms. The predicted octanol–water partition coefficient (Wildman–Crippen LogP) is 15.4. The minimum atomic E-state index is -0.761. The van der Waals surface area contributed by atoms with E-state index in [4.69, 9.17) is 14.2 Å². The average molecular weight is 779 g/mol. The first kappa shape index (κ1) is 53.4. The Balaban J connectivity index is 4.31. The largest absolute Gasteiger partial charge is 0.462 e. The summed E-state index contributed by atoms with van der Waals surface area (Å²) in [6, 6.07) is 0. The van der Waals surface area contributed by atoms with Crippen LogP contribution in [0.3, 0.4) is 0 Å². The molecule has 0 aliphatic carbocycles. The van der Waals surface area contributed by atoms with Crippen LogP contribution >= 0.6 is 0 Å². The summed E-state index contributed by atoms with van der Waals surface area (Å²) in [6.45, 7) is 11.3. The van der Waals surface area contributed by atoms with Crippen LogP contribution in [0.5, 0.6) is 0 Å². The first-order valence-electron chi connectivity index (χ1n) is 24.3. The molecule has 0 aliphatic rings. The summed E-state index contributed by atoms with van der Waals surface area (Å²) in [5.74, 6) is 0.793. The molecule has 0 bridgehead atoms. The lowest BCUT2D eigenvalue weighted by molar-refractivity contribution is -0.167. The van der Waals surface area contributed by atoms with Gasteiger partial charge in [-0.2, -0.15) is 0 Å². The van der Waals surface area contributed by atoms with Crippen molar-refractivity contribution in [2.24, 2.45) is 11.8 Å². The van der Waals surface area contributed by atoms with E-state index in [1.807, 2.05) is 0 Å². The van der Waals surface area contributed by atoms with Gasteiger partial charge in [0.1, 0.15) is 13.2 Å². The first-order valence-corrected chi connectivity index (χ1v) is 24.3. The molecule has 2 atom stereocenters. The molecule has 0 heterocycles. The molecule has 0 aromatic heterocycles. The summed E-state index contributed by atoms with van der Waals surface area (Å²) >= 11 is 0. The van der Waals surface area contributed by atoms with Gasteiger partial charge in [0.05, 0.1) is 0 Å². The molecule has 0 saturated carbocycles. The molecule has 6 nitrogen and oxygen atoms in total. The van der Waals surface area contributed by atoms with E-state index in [0.29, 0.717) is 19.3 Å². The van der Waals surface area contributed by atoms with Crippen LogP contribution < -0.4 is 0 Å².